The molecule has 0 radical (unpaired) electrons. The molecule has 0 fully saturated rings. The molecule has 7 heteroatoms. The van der Waals surface area contributed by atoms with Crippen LogP contribution in [0, 0.1) is 6.92 Å². The number of anilines is 1. The van der Waals surface area contributed by atoms with Gasteiger partial charge in [0, 0.05) is 0 Å². The van der Waals surface area contributed by atoms with Crippen LogP contribution in [0.5, 0.6) is 0 Å². The first kappa shape index (κ1) is 11.0. The molecule has 6 nitrogen and oxygen atoms in total. The average molecular weight is 262 g/mol. The van der Waals surface area contributed by atoms with E-state index in [9.17, 15) is 4.79 Å². The van der Waals surface area contributed by atoms with Crippen LogP contribution in [0.3, 0.4) is 0 Å². The van der Waals surface area contributed by atoms with Gasteiger partial charge < -0.3 is 10.4 Å². The number of fused-ring (bicyclic) bond motifs is 1. The quantitative estimate of drug-likeness (QED) is 0.859. The Hall–Kier alpha value is -2.15. The molecule has 2 aromatic rings. The molecule has 0 aliphatic carbocycles. The predicted octanol–water partition coefficient (Wildman–Crippen LogP) is 1.63. The Bertz CT molecular complexity index is 630. The molecular weight excluding hydrogens is 252 g/mol. The van der Waals surface area contributed by atoms with Gasteiger partial charge in [-0.3, -0.25) is 0 Å². The third-order valence-electron chi connectivity index (χ3n) is 2.69. The zero-order valence-corrected chi connectivity index (χ0v) is 10.3. The number of nitrogens with one attached hydrogen (secondary N) is 1. The third-order valence-corrected chi connectivity index (χ3v) is 3.39. The normalized spacial score (nSPS) is 17.8. The summed E-state index contributed by atoms with van der Waals surface area (Å²) in [6.45, 7) is 1.78. The number of carbonyl (C=O) groups is 1. The van der Waals surface area contributed by atoms with Crippen molar-refractivity contribution in [3.63, 3.8) is 0 Å². The average Bonchev–Trinajstić information content (AvgIpc) is 2.94. The van der Waals surface area contributed by atoms with E-state index in [0.29, 0.717) is 11.8 Å². The Morgan fingerprint density at radius 2 is 2.44 bits per heavy atom. The zero-order chi connectivity index (χ0) is 12.7. The van der Waals surface area contributed by atoms with Crippen molar-refractivity contribution in [2.75, 3.05) is 5.32 Å². The highest BCUT2D eigenvalue weighted by Crippen LogP contribution is 2.29. The van der Waals surface area contributed by atoms with Gasteiger partial charge in [-0.2, -0.15) is 21.4 Å². The van der Waals surface area contributed by atoms with Crippen molar-refractivity contribution in [3.8, 4) is 0 Å². The molecule has 0 aromatic carbocycles. The number of aromatic nitrogens is 3. The first-order valence-electron chi connectivity index (χ1n) is 5.32. The fraction of sp³-hybridized carbons (Fsp3) is 0.182. The Kier molecular flexibility index (Phi) is 2.41. The maximum Gasteiger partial charge on any atom is 0.352 e. The van der Waals surface area contributed by atoms with Crippen molar-refractivity contribution in [2.45, 2.75) is 13.0 Å². The van der Waals surface area contributed by atoms with Gasteiger partial charge >= 0.3 is 5.97 Å². The number of rotatable bonds is 2. The van der Waals surface area contributed by atoms with E-state index < -0.39 is 5.97 Å². The summed E-state index contributed by atoms with van der Waals surface area (Å²) in [4.78, 5) is 15.3. The standard InChI is InChI=1S/C11H10N4O2S/c1-6-12-11-13-8(10(16)17)4-9(15(11)14-6)7-2-3-18-5-7/h2-5,9H,1H3,(H,16,17)(H,12,13,14). The third kappa shape index (κ3) is 1.68. The molecule has 1 aliphatic rings. The van der Waals surface area contributed by atoms with Crippen molar-refractivity contribution in [1.29, 1.82) is 0 Å². The molecule has 0 spiro atoms. The van der Waals surface area contributed by atoms with Crippen LogP contribution in [0.1, 0.15) is 17.4 Å². The molecule has 1 unspecified atom stereocenters. The van der Waals surface area contributed by atoms with Crippen LogP contribution in [0.4, 0.5) is 5.95 Å². The van der Waals surface area contributed by atoms with Crippen molar-refractivity contribution in [1.82, 2.24) is 14.8 Å². The number of carboxylic acid groups (broad SMARTS) is 1. The molecule has 2 N–H and O–H groups in total. The smallest absolute Gasteiger partial charge is 0.352 e. The first-order valence-corrected chi connectivity index (χ1v) is 6.27. The first-order chi connectivity index (χ1) is 8.65. The van der Waals surface area contributed by atoms with E-state index in [1.54, 1.807) is 29.0 Å². The van der Waals surface area contributed by atoms with Gasteiger partial charge in [0.05, 0.1) is 0 Å². The number of thiophene rings is 1. The second-order valence-corrected chi connectivity index (χ2v) is 4.72. The molecule has 3 rings (SSSR count). The van der Waals surface area contributed by atoms with Gasteiger partial charge in [-0.1, -0.05) is 0 Å². The van der Waals surface area contributed by atoms with Gasteiger partial charge in [-0.25, -0.2) is 9.48 Å². The van der Waals surface area contributed by atoms with Gasteiger partial charge in [-0.15, -0.1) is 0 Å². The largest absolute Gasteiger partial charge is 0.477 e. The number of hydrogen-bond acceptors (Lipinski definition) is 5. The maximum absolute atomic E-state index is 11.1. The van der Waals surface area contributed by atoms with Gasteiger partial charge in [-0.05, 0) is 35.4 Å². The second-order valence-electron chi connectivity index (χ2n) is 3.94. The summed E-state index contributed by atoms with van der Waals surface area (Å²) in [5.74, 6) is 0.0727. The predicted molar refractivity (Wildman–Crippen MR) is 66.6 cm³/mol. The summed E-state index contributed by atoms with van der Waals surface area (Å²) >= 11 is 1.57. The highest BCUT2D eigenvalue weighted by Gasteiger charge is 2.26. The van der Waals surface area contributed by atoms with Crippen molar-refractivity contribution in [2.24, 2.45) is 0 Å². The van der Waals surface area contributed by atoms with Crippen LogP contribution in [0.15, 0.2) is 28.6 Å². The highest BCUT2D eigenvalue weighted by molar-refractivity contribution is 7.08. The van der Waals surface area contributed by atoms with E-state index in [0.717, 1.165) is 5.56 Å². The Morgan fingerprint density at radius 1 is 1.61 bits per heavy atom. The summed E-state index contributed by atoms with van der Waals surface area (Å²) in [5, 5.41) is 20.1. The maximum atomic E-state index is 11.1. The monoisotopic (exact) mass is 262 g/mol. The Balaban J connectivity index is 2.12. The van der Waals surface area contributed by atoms with Gasteiger partial charge in [0.25, 0.3) is 0 Å². The molecule has 2 aromatic heterocycles. The Labute approximate surface area is 107 Å². The van der Waals surface area contributed by atoms with E-state index in [-0.39, 0.29) is 11.7 Å². The minimum atomic E-state index is -0.998. The Morgan fingerprint density at radius 3 is 3.11 bits per heavy atom. The molecule has 1 atom stereocenters. The summed E-state index contributed by atoms with van der Waals surface area (Å²) in [5.41, 5.74) is 1.14. The summed E-state index contributed by atoms with van der Waals surface area (Å²) in [7, 11) is 0. The molecule has 0 saturated heterocycles. The molecular formula is C11H10N4O2S. The minimum Gasteiger partial charge on any atom is -0.477 e. The molecule has 0 amide bonds. The number of carboxylic acids is 1. The van der Waals surface area contributed by atoms with Crippen LogP contribution in [-0.4, -0.2) is 25.8 Å². The van der Waals surface area contributed by atoms with E-state index in [2.05, 4.69) is 15.4 Å². The molecule has 3 heterocycles. The lowest BCUT2D eigenvalue weighted by Gasteiger charge is -2.21. The fourth-order valence-corrected chi connectivity index (χ4v) is 2.59. The van der Waals surface area contributed by atoms with Crippen LogP contribution >= 0.6 is 11.3 Å². The lowest BCUT2D eigenvalue weighted by molar-refractivity contribution is -0.132. The van der Waals surface area contributed by atoms with Crippen molar-refractivity contribution >= 4 is 23.3 Å². The summed E-state index contributed by atoms with van der Waals surface area (Å²) < 4.78 is 1.70. The van der Waals surface area contributed by atoms with E-state index in [4.69, 9.17) is 5.11 Å². The van der Waals surface area contributed by atoms with Crippen LogP contribution in [-0.2, 0) is 4.79 Å². The molecule has 0 saturated carbocycles. The number of hydrogen-bond donors (Lipinski definition) is 2. The highest BCUT2D eigenvalue weighted by atomic mass is 32.1. The van der Waals surface area contributed by atoms with Crippen molar-refractivity contribution in [3.05, 3.63) is 40.0 Å². The van der Waals surface area contributed by atoms with Gasteiger partial charge in [0.1, 0.15) is 17.6 Å². The van der Waals surface area contributed by atoms with Crippen LogP contribution < -0.4 is 5.32 Å². The summed E-state index contributed by atoms with van der Waals surface area (Å²) in [6.07, 6.45) is 1.64. The van der Waals surface area contributed by atoms with Gasteiger partial charge in [0.2, 0.25) is 5.95 Å². The number of allylic oxidation sites excluding steroid dienone is 1. The minimum absolute atomic E-state index is 0.131. The van der Waals surface area contributed by atoms with Gasteiger partial charge in [0.15, 0.2) is 0 Å². The lowest BCUT2D eigenvalue weighted by Crippen LogP contribution is -2.24. The number of aryl methyl sites for hydroxylation is 1. The lowest BCUT2D eigenvalue weighted by atomic mass is 10.1. The van der Waals surface area contributed by atoms with E-state index >= 15 is 0 Å². The summed E-state index contributed by atoms with van der Waals surface area (Å²) in [6, 6.07) is 1.73. The number of aliphatic carboxylic acids is 1. The van der Waals surface area contributed by atoms with Crippen molar-refractivity contribution < 1.29 is 9.90 Å². The van der Waals surface area contributed by atoms with Crippen LogP contribution in [0.25, 0.3) is 0 Å². The molecule has 0 bridgehead atoms. The molecule has 92 valence electrons. The van der Waals surface area contributed by atoms with E-state index in [1.165, 1.54) is 0 Å². The SMILES string of the molecule is Cc1nc2n(n1)C(c1ccsc1)C=C(C(=O)O)N2. The molecule has 18 heavy (non-hydrogen) atoms. The number of nitrogens with zero attached hydrogens (tertiary/aromatic N) is 3. The zero-order valence-electron chi connectivity index (χ0n) is 9.49. The molecule has 1 aliphatic heterocycles. The topological polar surface area (TPSA) is 80.0 Å². The fourth-order valence-electron chi connectivity index (χ4n) is 1.91. The second kappa shape index (κ2) is 3.95. The van der Waals surface area contributed by atoms with E-state index in [1.807, 2.05) is 16.8 Å². The van der Waals surface area contributed by atoms with Crippen LogP contribution in [0.2, 0.25) is 0 Å².